The number of benzene rings is 1. The SMILES string of the molecule is O=NCCOCCC1CCCN(C2=NC3=CCCCC3Sc3ccccc32)CC1. The van der Waals surface area contributed by atoms with Gasteiger partial charge in [-0.15, -0.1) is 11.8 Å². The number of ether oxygens (including phenoxy) is 1. The number of rotatable bonds is 6. The van der Waals surface area contributed by atoms with Crippen LogP contribution in [0, 0.1) is 10.8 Å². The van der Waals surface area contributed by atoms with E-state index >= 15 is 0 Å². The van der Waals surface area contributed by atoms with Gasteiger partial charge >= 0.3 is 0 Å². The molecule has 1 aromatic carbocycles. The predicted molar refractivity (Wildman–Crippen MR) is 120 cm³/mol. The number of nitroso groups, excluding NO2 is 1. The summed E-state index contributed by atoms with van der Waals surface area (Å²) in [6.45, 7) is 3.56. The van der Waals surface area contributed by atoms with Crippen molar-refractivity contribution in [1.29, 1.82) is 0 Å². The fourth-order valence-electron chi connectivity index (χ4n) is 4.52. The van der Waals surface area contributed by atoms with E-state index in [4.69, 9.17) is 9.73 Å². The number of hydrogen-bond donors (Lipinski definition) is 0. The summed E-state index contributed by atoms with van der Waals surface area (Å²) < 4.78 is 5.54. The molecule has 1 aromatic rings. The first-order chi connectivity index (χ1) is 14.3. The molecule has 4 rings (SSSR count). The second-order valence-electron chi connectivity index (χ2n) is 8.14. The van der Waals surface area contributed by atoms with E-state index in [0.29, 0.717) is 17.8 Å². The van der Waals surface area contributed by atoms with Crippen molar-refractivity contribution in [2.75, 3.05) is 32.8 Å². The fraction of sp³-hybridized carbons (Fsp3) is 0.609. The number of amidine groups is 1. The number of fused-ring (bicyclic) bond motifs is 2. The molecule has 1 aliphatic carbocycles. The monoisotopic (exact) mass is 413 g/mol. The molecule has 0 radical (unpaired) electrons. The standard InChI is InChI=1S/C23H31N3O2S/c27-24-13-17-28-16-12-18-6-5-14-26(15-11-18)23-19-7-1-3-9-21(19)29-22-10-4-2-8-20(22)25-23/h1,3,7-9,18,22H,2,4-6,10-17H2. The van der Waals surface area contributed by atoms with Gasteiger partial charge in [-0.05, 0) is 56.9 Å². The molecule has 2 atom stereocenters. The number of aliphatic imine (C=N–C) groups is 1. The molecule has 2 aliphatic heterocycles. The van der Waals surface area contributed by atoms with Crippen LogP contribution in [0.25, 0.3) is 0 Å². The number of thioether (sulfide) groups is 1. The largest absolute Gasteiger partial charge is 0.379 e. The van der Waals surface area contributed by atoms with Gasteiger partial charge in [0, 0.05) is 30.2 Å². The van der Waals surface area contributed by atoms with E-state index in [-0.39, 0.29) is 6.54 Å². The molecule has 1 fully saturated rings. The first-order valence-electron chi connectivity index (χ1n) is 11.0. The van der Waals surface area contributed by atoms with Gasteiger partial charge in [-0.1, -0.05) is 29.5 Å². The van der Waals surface area contributed by atoms with Gasteiger partial charge in [0.2, 0.25) is 0 Å². The van der Waals surface area contributed by atoms with Gasteiger partial charge in [0.15, 0.2) is 0 Å². The predicted octanol–water partition coefficient (Wildman–Crippen LogP) is 5.25. The van der Waals surface area contributed by atoms with Crippen LogP contribution in [-0.4, -0.2) is 48.8 Å². The van der Waals surface area contributed by atoms with E-state index < -0.39 is 0 Å². The van der Waals surface area contributed by atoms with Gasteiger partial charge in [0.1, 0.15) is 12.4 Å². The van der Waals surface area contributed by atoms with Crippen molar-refractivity contribution in [2.24, 2.45) is 16.1 Å². The average molecular weight is 414 g/mol. The highest BCUT2D eigenvalue weighted by Gasteiger charge is 2.28. The fourth-order valence-corrected chi connectivity index (χ4v) is 5.82. The maximum Gasteiger partial charge on any atom is 0.137 e. The second-order valence-corrected chi connectivity index (χ2v) is 9.38. The van der Waals surface area contributed by atoms with E-state index in [1.807, 2.05) is 11.8 Å². The zero-order valence-electron chi connectivity index (χ0n) is 17.1. The highest BCUT2D eigenvalue weighted by molar-refractivity contribution is 8.00. The van der Waals surface area contributed by atoms with Crippen LogP contribution in [0.3, 0.4) is 0 Å². The van der Waals surface area contributed by atoms with Gasteiger partial charge in [-0.2, -0.15) is 4.91 Å². The lowest BCUT2D eigenvalue weighted by Crippen LogP contribution is -2.33. The molecule has 2 heterocycles. The van der Waals surface area contributed by atoms with Gasteiger partial charge < -0.3 is 9.64 Å². The van der Waals surface area contributed by atoms with Gasteiger partial charge in [-0.25, -0.2) is 4.99 Å². The lowest BCUT2D eigenvalue weighted by atomic mass is 9.97. The summed E-state index contributed by atoms with van der Waals surface area (Å²) >= 11 is 2.00. The van der Waals surface area contributed by atoms with E-state index in [1.165, 1.54) is 54.1 Å². The van der Waals surface area contributed by atoms with Crippen LogP contribution in [0.15, 0.2) is 51.1 Å². The summed E-state index contributed by atoms with van der Waals surface area (Å²) in [7, 11) is 0. The van der Waals surface area contributed by atoms with Crippen molar-refractivity contribution in [3.05, 3.63) is 46.5 Å². The molecule has 3 aliphatic rings. The van der Waals surface area contributed by atoms with Crippen LogP contribution in [0.4, 0.5) is 0 Å². The molecule has 0 amide bonds. The Labute approximate surface area is 178 Å². The summed E-state index contributed by atoms with van der Waals surface area (Å²) in [5.74, 6) is 1.86. The highest BCUT2D eigenvalue weighted by atomic mass is 32.2. The Morgan fingerprint density at radius 2 is 2.07 bits per heavy atom. The van der Waals surface area contributed by atoms with Gasteiger partial charge in [0.25, 0.3) is 0 Å². The Balaban J connectivity index is 1.46. The molecule has 0 aromatic heterocycles. The van der Waals surface area contributed by atoms with Crippen molar-refractivity contribution in [2.45, 2.75) is 55.1 Å². The minimum absolute atomic E-state index is 0.256. The third kappa shape index (κ3) is 5.28. The first kappa shape index (κ1) is 20.6. The molecule has 1 saturated heterocycles. The van der Waals surface area contributed by atoms with Crippen LogP contribution >= 0.6 is 11.8 Å². The Morgan fingerprint density at radius 3 is 3.00 bits per heavy atom. The zero-order chi connectivity index (χ0) is 19.9. The second kappa shape index (κ2) is 10.4. The quantitative estimate of drug-likeness (QED) is 0.472. The lowest BCUT2D eigenvalue weighted by molar-refractivity contribution is 0.124. The van der Waals surface area contributed by atoms with Crippen molar-refractivity contribution in [1.82, 2.24) is 4.90 Å². The Kier molecular flexibility index (Phi) is 7.39. The third-order valence-corrected chi connectivity index (χ3v) is 7.50. The highest BCUT2D eigenvalue weighted by Crippen LogP contribution is 2.40. The van der Waals surface area contributed by atoms with Crippen LogP contribution < -0.4 is 0 Å². The molecular formula is C23H31N3O2S. The Hall–Kier alpha value is -1.66. The van der Waals surface area contributed by atoms with Crippen molar-refractivity contribution >= 4 is 17.6 Å². The molecule has 0 spiro atoms. The number of allylic oxidation sites excluding steroid dienone is 1. The minimum atomic E-state index is 0.256. The molecule has 0 bridgehead atoms. The molecule has 156 valence electrons. The number of hydrogen-bond acceptors (Lipinski definition) is 6. The Morgan fingerprint density at radius 1 is 1.14 bits per heavy atom. The summed E-state index contributed by atoms with van der Waals surface area (Å²) in [6.07, 6.45) is 10.7. The van der Waals surface area contributed by atoms with Crippen molar-refractivity contribution in [3.8, 4) is 0 Å². The van der Waals surface area contributed by atoms with Crippen LogP contribution in [0.5, 0.6) is 0 Å². The average Bonchev–Trinajstić information content (AvgIpc) is 3.08. The molecule has 2 unspecified atom stereocenters. The van der Waals surface area contributed by atoms with Crippen molar-refractivity contribution in [3.63, 3.8) is 0 Å². The third-order valence-electron chi connectivity index (χ3n) is 6.13. The first-order valence-corrected chi connectivity index (χ1v) is 11.9. The lowest BCUT2D eigenvalue weighted by Gasteiger charge is -2.25. The van der Waals surface area contributed by atoms with Crippen molar-refractivity contribution < 1.29 is 4.74 Å². The maximum absolute atomic E-state index is 10.1. The minimum Gasteiger partial charge on any atom is -0.379 e. The maximum atomic E-state index is 10.1. The Bertz CT molecular complexity index is 764. The number of likely N-dealkylation sites (tertiary alicyclic amines) is 1. The molecular weight excluding hydrogens is 382 g/mol. The summed E-state index contributed by atoms with van der Waals surface area (Å²) in [5, 5.41) is 3.35. The molecule has 0 saturated carbocycles. The number of nitrogens with zero attached hydrogens (tertiary/aromatic N) is 3. The molecule has 29 heavy (non-hydrogen) atoms. The van der Waals surface area contributed by atoms with Crippen LogP contribution in [0.2, 0.25) is 0 Å². The van der Waals surface area contributed by atoms with E-state index in [0.717, 1.165) is 32.5 Å². The van der Waals surface area contributed by atoms with E-state index in [1.54, 1.807) is 0 Å². The summed E-state index contributed by atoms with van der Waals surface area (Å²) in [4.78, 5) is 19.3. The zero-order valence-corrected chi connectivity index (χ0v) is 17.9. The smallest absolute Gasteiger partial charge is 0.137 e. The van der Waals surface area contributed by atoms with Crippen LogP contribution in [0.1, 0.15) is 50.5 Å². The van der Waals surface area contributed by atoms with Gasteiger partial charge in [-0.3, -0.25) is 0 Å². The van der Waals surface area contributed by atoms with E-state index in [2.05, 4.69) is 40.4 Å². The normalized spacial score (nSPS) is 24.5. The van der Waals surface area contributed by atoms with Gasteiger partial charge in [0.05, 0.1) is 17.6 Å². The topological polar surface area (TPSA) is 54.3 Å². The summed E-state index contributed by atoms with van der Waals surface area (Å²) in [5.41, 5.74) is 2.58. The molecule has 0 N–H and O–H groups in total. The molecule has 6 heteroatoms. The van der Waals surface area contributed by atoms with E-state index in [9.17, 15) is 4.91 Å². The van der Waals surface area contributed by atoms with Crippen LogP contribution in [-0.2, 0) is 4.74 Å². The molecule has 5 nitrogen and oxygen atoms in total. The summed E-state index contributed by atoms with van der Waals surface area (Å²) in [6, 6.07) is 8.81.